The van der Waals surface area contributed by atoms with Gasteiger partial charge in [0.15, 0.2) is 0 Å². The van der Waals surface area contributed by atoms with Crippen molar-refractivity contribution in [2.75, 3.05) is 5.33 Å². The molecule has 1 nitrogen and oxygen atoms in total. The van der Waals surface area contributed by atoms with Crippen molar-refractivity contribution < 1.29 is 4.74 Å². The molecule has 0 radical (unpaired) electrons. The molecule has 0 aliphatic carbocycles. The highest BCUT2D eigenvalue weighted by Gasteiger charge is 2.14. The van der Waals surface area contributed by atoms with Crippen molar-refractivity contribution in [1.82, 2.24) is 0 Å². The Labute approximate surface area is 131 Å². The zero-order chi connectivity index (χ0) is 13.7. The Hall–Kier alpha value is -0.540. The number of rotatable bonds is 5. The second-order valence-electron chi connectivity index (χ2n) is 4.07. The minimum absolute atomic E-state index is 0.0926. The zero-order valence-corrected chi connectivity index (χ0v) is 13.3. The van der Waals surface area contributed by atoms with Crippen molar-refractivity contribution in [3.8, 4) is 0 Å². The van der Waals surface area contributed by atoms with Crippen LogP contribution in [0.3, 0.4) is 0 Å². The minimum atomic E-state index is -0.0926. The van der Waals surface area contributed by atoms with Crippen LogP contribution < -0.4 is 0 Å². The van der Waals surface area contributed by atoms with Crippen LogP contribution >= 0.6 is 39.1 Å². The largest absolute Gasteiger partial charge is 0.368 e. The highest BCUT2D eigenvalue weighted by atomic mass is 79.9. The molecule has 0 aliphatic rings. The molecule has 0 saturated heterocycles. The van der Waals surface area contributed by atoms with Gasteiger partial charge in [-0.15, -0.1) is 0 Å². The van der Waals surface area contributed by atoms with Gasteiger partial charge in [-0.2, -0.15) is 0 Å². The molecule has 2 aromatic rings. The molecule has 0 spiro atoms. The van der Waals surface area contributed by atoms with E-state index >= 15 is 0 Å². The van der Waals surface area contributed by atoms with E-state index in [2.05, 4.69) is 15.9 Å². The average molecular weight is 360 g/mol. The van der Waals surface area contributed by atoms with Crippen LogP contribution in [0.4, 0.5) is 0 Å². The predicted octanol–water partition coefficient (Wildman–Crippen LogP) is 5.65. The normalized spacial score (nSPS) is 12.4. The van der Waals surface area contributed by atoms with Crippen molar-refractivity contribution in [3.63, 3.8) is 0 Å². The maximum atomic E-state index is 6.18. The number of alkyl halides is 1. The summed E-state index contributed by atoms with van der Waals surface area (Å²) in [4.78, 5) is 0. The van der Waals surface area contributed by atoms with Gasteiger partial charge < -0.3 is 4.74 Å². The van der Waals surface area contributed by atoms with Gasteiger partial charge in [-0.1, -0.05) is 75.5 Å². The fourth-order valence-electron chi connectivity index (χ4n) is 1.76. The van der Waals surface area contributed by atoms with Crippen molar-refractivity contribution >= 4 is 39.1 Å². The van der Waals surface area contributed by atoms with Crippen LogP contribution in [0.2, 0.25) is 10.0 Å². The molecule has 0 aliphatic heterocycles. The molecular formula is C15H13BrCl2O. The lowest BCUT2D eigenvalue weighted by molar-refractivity contribution is 0.0567. The van der Waals surface area contributed by atoms with E-state index in [1.165, 1.54) is 0 Å². The molecule has 0 amide bonds. The molecule has 100 valence electrons. The van der Waals surface area contributed by atoms with Crippen molar-refractivity contribution in [1.29, 1.82) is 0 Å². The number of hydrogen-bond donors (Lipinski definition) is 0. The van der Waals surface area contributed by atoms with Gasteiger partial charge in [-0.05, 0) is 17.7 Å². The predicted molar refractivity (Wildman–Crippen MR) is 84.2 cm³/mol. The molecule has 19 heavy (non-hydrogen) atoms. The molecule has 2 aromatic carbocycles. The van der Waals surface area contributed by atoms with Gasteiger partial charge in [-0.3, -0.25) is 0 Å². The second kappa shape index (κ2) is 7.30. The van der Waals surface area contributed by atoms with Gasteiger partial charge >= 0.3 is 0 Å². The van der Waals surface area contributed by atoms with Gasteiger partial charge in [0.2, 0.25) is 0 Å². The Kier molecular flexibility index (Phi) is 5.71. The lowest BCUT2D eigenvalue weighted by Crippen LogP contribution is -2.06. The fraction of sp³-hybridized carbons (Fsp3) is 0.200. The van der Waals surface area contributed by atoms with E-state index in [9.17, 15) is 0 Å². The first-order chi connectivity index (χ1) is 9.22. The third kappa shape index (κ3) is 3.96. The summed E-state index contributed by atoms with van der Waals surface area (Å²) in [5.74, 6) is 0. The van der Waals surface area contributed by atoms with Crippen LogP contribution in [-0.4, -0.2) is 5.33 Å². The zero-order valence-electron chi connectivity index (χ0n) is 10.2. The van der Waals surface area contributed by atoms with Crippen LogP contribution in [0.1, 0.15) is 17.2 Å². The number of ether oxygens (including phenoxy) is 1. The number of benzene rings is 2. The first-order valence-corrected chi connectivity index (χ1v) is 7.75. The van der Waals surface area contributed by atoms with Gasteiger partial charge in [0.05, 0.1) is 12.7 Å². The van der Waals surface area contributed by atoms with Crippen molar-refractivity contribution in [3.05, 3.63) is 69.7 Å². The standard InChI is InChI=1S/C15H13BrCl2O/c16-9-15(12-6-2-4-8-14(12)18)19-10-11-5-1-3-7-13(11)17/h1-8,15H,9-10H2. The van der Waals surface area contributed by atoms with Gasteiger partial charge in [0.25, 0.3) is 0 Å². The Balaban J connectivity index is 2.09. The van der Waals surface area contributed by atoms with Crippen molar-refractivity contribution in [2.45, 2.75) is 12.7 Å². The van der Waals surface area contributed by atoms with E-state index in [0.29, 0.717) is 17.0 Å². The van der Waals surface area contributed by atoms with Gasteiger partial charge in [0, 0.05) is 20.9 Å². The van der Waals surface area contributed by atoms with Crippen LogP contribution in [0.5, 0.6) is 0 Å². The van der Waals surface area contributed by atoms with E-state index in [0.717, 1.165) is 16.1 Å². The number of hydrogen-bond acceptors (Lipinski definition) is 1. The van der Waals surface area contributed by atoms with Crippen molar-refractivity contribution in [2.24, 2.45) is 0 Å². The third-order valence-electron chi connectivity index (χ3n) is 2.79. The first-order valence-electron chi connectivity index (χ1n) is 5.87. The molecule has 0 bridgehead atoms. The Morgan fingerprint density at radius 1 is 0.947 bits per heavy atom. The molecule has 2 rings (SSSR count). The van der Waals surface area contributed by atoms with Crippen LogP contribution in [-0.2, 0) is 11.3 Å². The van der Waals surface area contributed by atoms with E-state index in [-0.39, 0.29) is 6.10 Å². The van der Waals surface area contributed by atoms with E-state index in [1.54, 1.807) is 0 Å². The SMILES string of the molecule is Clc1ccccc1COC(CBr)c1ccccc1Cl. The van der Waals surface area contributed by atoms with Crippen LogP contribution in [0, 0.1) is 0 Å². The lowest BCUT2D eigenvalue weighted by Gasteiger charge is -2.17. The summed E-state index contributed by atoms with van der Waals surface area (Å²) in [5, 5.41) is 2.11. The molecule has 0 aromatic heterocycles. The maximum absolute atomic E-state index is 6.18. The van der Waals surface area contributed by atoms with Crippen LogP contribution in [0.15, 0.2) is 48.5 Å². The second-order valence-corrected chi connectivity index (χ2v) is 5.53. The topological polar surface area (TPSA) is 9.23 Å². The smallest absolute Gasteiger partial charge is 0.0940 e. The Morgan fingerprint density at radius 2 is 1.58 bits per heavy atom. The Morgan fingerprint density at radius 3 is 2.21 bits per heavy atom. The first kappa shape index (κ1) is 14.9. The van der Waals surface area contributed by atoms with E-state index in [4.69, 9.17) is 27.9 Å². The molecule has 0 saturated carbocycles. The monoisotopic (exact) mass is 358 g/mol. The molecular weight excluding hydrogens is 347 g/mol. The minimum Gasteiger partial charge on any atom is -0.368 e. The molecule has 1 atom stereocenters. The molecule has 0 N–H and O–H groups in total. The van der Waals surface area contributed by atoms with E-state index in [1.807, 2.05) is 48.5 Å². The molecule has 4 heteroatoms. The quantitative estimate of drug-likeness (QED) is 0.627. The van der Waals surface area contributed by atoms with Crippen LogP contribution in [0.25, 0.3) is 0 Å². The molecule has 0 heterocycles. The third-order valence-corrected chi connectivity index (χ3v) is 4.09. The summed E-state index contributed by atoms with van der Waals surface area (Å²) in [6.45, 7) is 0.459. The average Bonchev–Trinajstić information content (AvgIpc) is 2.43. The molecule has 1 unspecified atom stereocenters. The summed E-state index contributed by atoms with van der Waals surface area (Å²) < 4.78 is 5.91. The van der Waals surface area contributed by atoms with Gasteiger partial charge in [-0.25, -0.2) is 0 Å². The summed E-state index contributed by atoms with van der Waals surface area (Å²) in [5.41, 5.74) is 1.95. The summed E-state index contributed by atoms with van der Waals surface area (Å²) >= 11 is 15.8. The summed E-state index contributed by atoms with van der Waals surface area (Å²) in [7, 11) is 0. The van der Waals surface area contributed by atoms with E-state index < -0.39 is 0 Å². The highest BCUT2D eigenvalue weighted by molar-refractivity contribution is 9.09. The Bertz CT molecular complexity index is 545. The van der Waals surface area contributed by atoms with Gasteiger partial charge in [0.1, 0.15) is 0 Å². The summed E-state index contributed by atoms with van der Waals surface area (Å²) in [6.07, 6.45) is -0.0926. The molecule has 0 fully saturated rings. The maximum Gasteiger partial charge on any atom is 0.0940 e. The lowest BCUT2D eigenvalue weighted by atomic mass is 10.1. The summed E-state index contributed by atoms with van der Waals surface area (Å²) in [6, 6.07) is 15.4. The highest BCUT2D eigenvalue weighted by Crippen LogP contribution is 2.28. The fourth-order valence-corrected chi connectivity index (χ4v) is 2.74. The number of halogens is 3.